The molecule has 9 heterocycles. The Bertz CT molecular complexity index is 1190. The minimum absolute atomic E-state index is 0.0748. The van der Waals surface area contributed by atoms with Crippen molar-refractivity contribution in [2.45, 2.75) is 31.2 Å². The number of ether oxygens (including phenoxy) is 1. The highest BCUT2D eigenvalue weighted by molar-refractivity contribution is 5.65. The molecular formula is C21H19FN6O. The van der Waals surface area contributed by atoms with E-state index >= 15 is 0 Å². The summed E-state index contributed by atoms with van der Waals surface area (Å²) in [6.07, 6.45) is 7.51. The number of anilines is 3. The molecule has 11 rings (SSSR count). The second-order valence-corrected chi connectivity index (χ2v) is 8.91. The van der Waals surface area contributed by atoms with E-state index in [2.05, 4.69) is 27.1 Å². The van der Waals surface area contributed by atoms with Crippen molar-refractivity contribution in [3.05, 3.63) is 48.4 Å². The highest BCUT2D eigenvalue weighted by Crippen LogP contribution is 2.66. The van der Waals surface area contributed by atoms with Crippen LogP contribution in [0.5, 0.6) is 5.75 Å². The molecule has 1 saturated heterocycles. The predicted molar refractivity (Wildman–Crippen MR) is 104 cm³/mol. The Morgan fingerprint density at radius 3 is 3.03 bits per heavy atom. The predicted octanol–water partition coefficient (Wildman–Crippen LogP) is 3.39. The van der Waals surface area contributed by atoms with Crippen LogP contribution >= 0.6 is 0 Å². The van der Waals surface area contributed by atoms with Crippen LogP contribution in [0.15, 0.2) is 36.9 Å². The number of aromatic nitrogens is 4. The summed E-state index contributed by atoms with van der Waals surface area (Å²) in [4.78, 5) is 16.0. The minimum atomic E-state index is -0.323. The molecule has 0 unspecified atom stereocenters. The third-order valence-electron chi connectivity index (χ3n) is 7.48. The molecule has 1 spiro atoms. The molecule has 2 fully saturated rings. The highest BCUT2D eigenvalue weighted by atomic mass is 19.1. The third kappa shape index (κ3) is 1.84. The summed E-state index contributed by atoms with van der Waals surface area (Å²) in [5.41, 5.74) is 2.26. The lowest BCUT2D eigenvalue weighted by atomic mass is 9.47. The monoisotopic (exact) mass is 390 g/mol. The van der Waals surface area contributed by atoms with Gasteiger partial charge in [-0.2, -0.15) is 4.98 Å². The molecular weight excluding hydrogens is 371 g/mol. The van der Waals surface area contributed by atoms with Gasteiger partial charge in [-0.05, 0) is 38.0 Å². The maximum absolute atomic E-state index is 14.8. The van der Waals surface area contributed by atoms with E-state index in [4.69, 9.17) is 9.72 Å². The maximum atomic E-state index is 14.8. The lowest BCUT2D eigenvalue weighted by Crippen LogP contribution is -2.80. The quantitative estimate of drug-likeness (QED) is 0.635. The molecule has 2 aromatic heterocycles. The van der Waals surface area contributed by atoms with Crippen LogP contribution in [-0.2, 0) is 0 Å². The number of rotatable bonds is 0. The van der Waals surface area contributed by atoms with Gasteiger partial charge in [-0.1, -0.05) is 0 Å². The number of hydrogen-bond acceptors (Lipinski definition) is 6. The topological polar surface area (TPSA) is 68.1 Å². The fraction of sp³-hybridized carbons (Fsp3) is 0.381. The summed E-state index contributed by atoms with van der Waals surface area (Å²) >= 11 is 0. The molecule has 10 bridgehead atoms. The Morgan fingerprint density at radius 1 is 1.28 bits per heavy atom. The summed E-state index contributed by atoms with van der Waals surface area (Å²) < 4.78 is 22.6. The Labute approximate surface area is 166 Å². The first kappa shape index (κ1) is 15.7. The molecule has 29 heavy (non-hydrogen) atoms. The average Bonchev–Trinajstić information content (AvgIpc) is 3.13. The van der Waals surface area contributed by atoms with E-state index < -0.39 is 0 Å². The van der Waals surface area contributed by atoms with Crippen LogP contribution < -0.4 is 15.0 Å². The number of halogens is 1. The Hall–Kier alpha value is -3.16. The second-order valence-electron chi connectivity index (χ2n) is 8.91. The summed E-state index contributed by atoms with van der Waals surface area (Å²) in [6.45, 7) is 3.89. The van der Waals surface area contributed by atoms with Crippen molar-refractivity contribution < 1.29 is 9.13 Å². The van der Waals surface area contributed by atoms with Crippen molar-refractivity contribution in [3.63, 3.8) is 0 Å². The van der Waals surface area contributed by atoms with Gasteiger partial charge in [0.2, 0.25) is 5.95 Å². The molecule has 146 valence electrons. The zero-order valence-electron chi connectivity index (χ0n) is 15.9. The van der Waals surface area contributed by atoms with Crippen LogP contribution in [0.3, 0.4) is 0 Å². The largest absolute Gasteiger partial charge is 0.486 e. The first-order valence-corrected chi connectivity index (χ1v) is 9.93. The first-order chi connectivity index (χ1) is 14.0. The van der Waals surface area contributed by atoms with E-state index in [0.29, 0.717) is 35.6 Å². The number of nitrogens with one attached hydrogen (secondary N) is 1. The van der Waals surface area contributed by atoms with Gasteiger partial charge in [-0.25, -0.2) is 14.4 Å². The second kappa shape index (κ2) is 4.87. The molecule has 8 aliphatic rings. The van der Waals surface area contributed by atoms with Crippen molar-refractivity contribution >= 4 is 17.5 Å². The third-order valence-corrected chi connectivity index (χ3v) is 7.48. The Morgan fingerprint density at radius 2 is 2.17 bits per heavy atom. The number of imidazole rings is 1. The van der Waals surface area contributed by atoms with Crippen LogP contribution in [-0.4, -0.2) is 38.2 Å². The van der Waals surface area contributed by atoms with E-state index in [1.54, 1.807) is 23.2 Å². The summed E-state index contributed by atoms with van der Waals surface area (Å²) in [5, 5.41) is 3.13. The van der Waals surface area contributed by atoms with Crippen molar-refractivity contribution in [1.29, 1.82) is 0 Å². The summed E-state index contributed by atoms with van der Waals surface area (Å²) in [6, 6.07) is 5.03. The van der Waals surface area contributed by atoms with Gasteiger partial charge in [0.15, 0.2) is 11.6 Å². The van der Waals surface area contributed by atoms with E-state index in [0.717, 1.165) is 30.9 Å². The molecule has 0 amide bonds. The highest BCUT2D eigenvalue weighted by Gasteiger charge is 2.69. The first-order valence-electron chi connectivity index (χ1n) is 9.93. The summed E-state index contributed by atoms with van der Waals surface area (Å²) in [5.74, 6) is 2.04. The SMILES string of the molecule is C[C@]12COc3cnc4nc3N1CC21CC(C1)c1cn(cn1)-c1ccc(cc1F)N4. The summed E-state index contributed by atoms with van der Waals surface area (Å²) in [7, 11) is 0. The minimum Gasteiger partial charge on any atom is -0.486 e. The number of benzene rings is 1. The standard InChI is InChI=1S/C21H19FN6O/c1-20-10-29-17-7-23-19-25-13-2-3-16(14(22)4-13)27-8-15(24-11-27)12-5-21(20,6-12)9-28(20)18(17)26-19/h2-4,7-8,11-12H,5-6,9-10H2,1H3,(H,23,25,26)/t12?,20-,21?/m1/s1. The molecule has 1 N–H and O–H groups in total. The van der Waals surface area contributed by atoms with Gasteiger partial charge in [0.25, 0.3) is 0 Å². The van der Waals surface area contributed by atoms with Gasteiger partial charge < -0.3 is 19.5 Å². The van der Waals surface area contributed by atoms with Gasteiger partial charge in [-0.15, -0.1) is 0 Å². The van der Waals surface area contributed by atoms with Crippen molar-refractivity contribution in [3.8, 4) is 11.4 Å². The lowest BCUT2D eigenvalue weighted by molar-refractivity contribution is -0.0826. The number of hydrogen-bond donors (Lipinski definition) is 1. The molecule has 1 saturated carbocycles. The van der Waals surface area contributed by atoms with Crippen LogP contribution in [0.2, 0.25) is 0 Å². The van der Waals surface area contributed by atoms with Crippen molar-refractivity contribution in [2.24, 2.45) is 5.41 Å². The van der Waals surface area contributed by atoms with Gasteiger partial charge in [0.1, 0.15) is 12.4 Å². The Balaban J connectivity index is 1.40. The van der Waals surface area contributed by atoms with Crippen LogP contribution in [0.4, 0.5) is 21.8 Å². The van der Waals surface area contributed by atoms with Gasteiger partial charge >= 0.3 is 0 Å². The zero-order valence-corrected chi connectivity index (χ0v) is 15.9. The zero-order chi connectivity index (χ0) is 19.4. The van der Waals surface area contributed by atoms with Crippen molar-refractivity contribution in [1.82, 2.24) is 19.5 Å². The Kier molecular flexibility index (Phi) is 2.64. The normalized spacial score (nSPS) is 30.3. The van der Waals surface area contributed by atoms with Gasteiger partial charge in [0.05, 0.1) is 29.4 Å². The van der Waals surface area contributed by atoms with Gasteiger partial charge in [0, 0.05) is 29.8 Å². The maximum Gasteiger partial charge on any atom is 0.229 e. The molecule has 1 aromatic carbocycles. The van der Waals surface area contributed by atoms with E-state index in [-0.39, 0.29) is 16.8 Å². The molecule has 7 nitrogen and oxygen atoms in total. The van der Waals surface area contributed by atoms with Gasteiger partial charge in [-0.3, -0.25) is 0 Å². The van der Waals surface area contributed by atoms with Crippen LogP contribution in [0, 0.1) is 11.2 Å². The molecule has 8 heteroatoms. The average molecular weight is 390 g/mol. The molecule has 3 aromatic rings. The smallest absolute Gasteiger partial charge is 0.229 e. The fourth-order valence-corrected chi connectivity index (χ4v) is 5.58. The fourth-order valence-electron chi connectivity index (χ4n) is 5.58. The molecule has 1 aliphatic carbocycles. The molecule has 7 aliphatic heterocycles. The van der Waals surface area contributed by atoms with E-state index in [1.165, 1.54) is 6.07 Å². The van der Waals surface area contributed by atoms with Crippen LogP contribution in [0.25, 0.3) is 5.69 Å². The van der Waals surface area contributed by atoms with E-state index in [9.17, 15) is 4.39 Å². The van der Waals surface area contributed by atoms with Crippen LogP contribution in [0.1, 0.15) is 31.4 Å². The molecule has 0 radical (unpaired) electrons. The van der Waals surface area contributed by atoms with Crippen molar-refractivity contribution in [2.75, 3.05) is 23.4 Å². The van der Waals surface area contributed by atoms with E-state index in [1.807, 2.05) is 12.3 Å². The number of nitrogens with zero attached hydrogens (tertiary/aromatic N) is 5. The molecule has 1 atom stereocenters. The lowest BCUT2D eigenvalue weighted by Gasteiger charge is -2.72.